The molecule has 3 heteroatoms. The maximum Gasteiger partial charge on any atom is 0.0397 e. The van der Waals surface area contributed by atoms with E-state index >= 15 is 0 Å². The number of aromatic nitrogens is 1. The van der Waals surface area contributed by atoms with Gasteiger partial charge in [-0.25, -0.2) is 0 Å². The average molecular weight is 247 g/mol. The predicted octanol–water partition coefficient (Wildman–Crippen LogP) is 2.83. The van der Waals surface area contributed by atoms with E-state index in [-0.39, 0.29) is 0 Å². The third-order valence-corrected chi connectivity index (χ3v) is 3.74. The third-order valence-electron chi connectivity index (χ3n) is 3.74. The summed E-state index contributed by atoms with van der Waals surface area (Å²) in [6.07, 6.45) is 10.3. The van der Waals surface area contributed by atoms with Crippen LogP contribution in [-0.2, 0) is 0 Å². The van der Waals surface area contributed by atoms with Crippen LogP contribution in [0.2, 0.25) is 0 Å². The van der Waals surface area contributed by atoms with Crippen LogP contribution in [0.1, 0.15) is 39.0 Å². The van der Waals surface area contributed by atoms with Gasteiger partial charge in [-0.05, 0) is 37.9 Å². The normalized spacial score (nSPS) is 17.1. The van der Waals surface area contributed by atoms with E-state index in [2.05, 4.69) is 34.3 Å². The molecule has 1 N–H and O–H groups in total. The molecule has 0 bridgehead atoms. The fraction of sp³-hybridized carbons (Fsp3) is 0.667. The summed E-state index contributed by atoms with van der Waals surface area (Å²) >= 11 is 0. The number of hydrogen-bond acceptors (Lipinski definition) is 3. The number of rotatable bonds is 6. The Labute approximate surface area is 111 Å². The molecule has 1 fully saturated rings. The van der Waals surface area contributed by atoms with Crippen molar-refractivity contribution < 1.29 is 0 Å². The van der Waals surface area contributed by atoms with Crippen molar-refractivity contribution in [3.05, 3.63) is 24.5 Å². The molecular formula is C15H25N3. The molecule has 0 amide bonds. The lowest BCUT2D eigenvalue weighted by atomic mass is 10.0. The Balaban J connectivity index is 1.68. The van der Waals surface area contributed by atoms with Crippen molar-refractivity contribution in [1.29, 1.82) is 0 Å². The molecule has 100 valence electrons. The summed E-state index contributed by atoms with van der Waals surface area (Å²) in [5, 5.41) is 3.69. The largest absolute Gasteiger partial charge is 0.371 e. The summed E-state index contributed by atoms with van der Waals surface area (Å²) in [6.45, 7) is 5.77. The Morgan fingerprint density at radius 3 is 2.61 bits per heavy atom. The Kier molecular flexibility index (Phi) is 5.46. The van der Waals surface area contributed by atoms with E-state index < -0.39 is 0 Å². The van der Waals surface area contributed by atoms with Crippen LogP contribution in [0.4, 0.5) is 5.69 Å². The molecule has 0 saturated carbocycles. The molecule has 2 heterocycles. The zero-order valence-electron chi connectivity index (χ0n) is 11.4. The fourth-order valence-electron chi connectivity index (χ4n) is 2.58. The third kappa shape index (κ3) is 3.98. The van der Waals surface area contributed by atoms with Crippen LogP contribution in [-0.4, -0.2) is 30.7 Å². The van der Waals surface area contributed by atoms with E-state index in [1.54, 1.807) is 0 Å². The number of nitrogens with one attached hydrogen (secondary N) is 1. The van der Waals surface area contributed by atoms with Gasteiger partial charge < -0.3 is 10.2 Å². The van der Waals surface area contributed by atoms with Crippen molar-refractivity contribution in [3.8, 4) is 0 Å². The lowest BCUT2D eigenvalue weighted by Crippen LogP contribution is -2.42. The molecule has 1 aromatic heterocycles. The van der Waals surface area contributed by atoms with E-state index in [0.717, 1.165) is 19.1 Å². The summed E-state index contributed by atoms with van der Waals surface area (Å²) in [6, 6.07) is 4.93. The van der Waals surface area contributed by atoms with Crippen LogP contribution in [0.15, 0.2) is 24.5 Å². The monoisotopic (exact) mass is 247 g/mol. The van der Waals surface area contributed by atoms with E-state index in [1.165, 1.54) is 44.3 Å². The molecule has 0 aliphatic carbocycles. The first-order valence-electron chi connectivity index (χ1n) is 7.28. The molecule has 0 aromatic carbocycles. The Bertz CT molecular complexity index is 318. The first-order valence-corrected chi connectivity index (χ1v) is 7.28. The Hall–Kier alpha value is -1.09. The maximum atomic E-state index is 4.07. The summed E-state index contributed by atoms with van der Waals surface area (Å²) in [5.74, 6) is 0. The molecule has 2 rings (SSSR count). The van der Waals surface area contributed by atoms with Crippen LogP contribution in [0, 0.1) is 0 Å². The fourth-order valence-corrected chi connectivity index (χ4v) is 2.58. The molecule has 1 aromatic rings. The lowest BCUT2D eigenvalue weighted by Gasteiger charge is -2.34. The highest BCUT2D eigenvalue weighted by Crippen LogP contribution is 2.18. The second-order valence-corrected chi connectivity index (χ2v) is 5.13. The van der Waals surface area contributed by atoms with Gasteiger partial charge in [0.1, 0.15) is 0 Å². The molecule has 0 unspecified atom stereocenters. The highest BCUT2D eigenvalue weighted by atomic mass is 15.1. The zero-order chi connectivity index (χ0) is 12.6. The summed E-state index contributed by atoms with van der Waals surface area (Å²) < 4.78 is 0. The van der Waals surface area contributed by atoms with Gasteiger partial charge in [0.2, 0.25) is 0 Å². The topological polar surface area (TPSA) is 28.2 Å². The van der Waals surface area contributed by atoms with Crippen molar-refractivity contribution in [3.63, 3.8) is 0 Å². The highest BCUT2D eigenvalue weighted by molar-refractivity contribution is 5.44. The maximum absolute atomic E-state index is 4.07. The van der Waals surface area contributed by atoms with Gasteiger partial charge in [-0.2, -0.15) is 0 Å². The quantitative estimate of drug-likeness (QED) is 0.784. The van der Waals surface area contributed by atoms with Gasteiger partial charge in [0.25, 0.3) is 0 Å². The van der Waals surface area contributed by atoms with Gasteiger partial charge in [0.15, 0.2) is 0 Å². The predicted molar refractivity (Wildman–Crippen MR) is 77.0 cm³/mol. The van der Waals surface area contributed by atoms with E-state index in [9.17, 15) is 0 Å². The second-order valence-electron chi connectivity index (χ2n) is 5.13. The lowest BCUT2D eigenvalue weighted by molar-refractivity contribution is 0.410. The van der Waals surface area contributed by atoms with E-state index in [0.29, 0.717) is 0 Å². The minimum absolute atomic E-state index is 0.722. The Morgan fingerprint density at radius 2 is 1.94 bits per heavy atom. The molecule has 1 aliphatic rings. The molecule has 0 atom stereocenters. The number of nitrogens with zero attached hydrogens (tertiary/aromatic N) is 2. The van der Waals surface area contributed by atoms with E-state index in [4.69, 9.17) is 0 Å². The second kappa shape index (κ2) is 7.37. The molecule has 0 spiro atoms. The first kappa shape index (κ1) is 13.3. The van der Waals surface area contributed by atoms with Crippen LogP contribution in [0.25, 0.3) is 0 Å². The number of pyridine rings is 1. The van der Waals surface area contributed by atoms with Crippen molar-refractivity contribution in [2.75, 3.05) is 24.5 Å². The van der Waals surface area contributed by atoms with E-state index in [1.807, 2.05) is 12.4 Å². The number of anilines is 1. The van der Waals surface area contributed by atoms with Crippen LogP contribution in [0.3, 0.4) is 0 Å². The molecule has 1 saturated heterocycles. The van der Waals surface area contributed by atoms with Gasteiger partial charge in [0, 0.05) is 37.2 Å². The van der Waals surface area contributed by atoms with Crippen LogP contribution in [0.5, 0.6) is 0 Å². The summed E-state index contributed by atoms with van der Waals surface area (Å²) in [4.78, 5) is 6.54. The molecular weight excluding hydrogens is 222 g/mol. The molecule has 0 radical (unpaired) electrons. The molecule has 3 nitrogen and oxygen atoms in total. The van der Waals surface area contributed by atoms with Crippen molar-refractivity contribution in [2.24, 2.45) is 0 Å². The standard InChI is InChI=1S/C15H25N3/c1-2-3-4-9-17-14-7-12-18(13-8-14)15-5-10-16-11-6-15/h5-6,10-11,14,17H,2-4,7-9,12-13H2,1H3. The summed E-state index contributed by atoms with van der Waals surface area (Å²) in [5.41, 5.74) is 1.31. The number of hydrogen-bond donors (Lipinski definition) is 1. The van der Waals surface area contributed by atoms with Crippen LogP contribution < -0.4 is 10.2 Å². The van der Waals surface area contributed by atoms with Crippen LogP contribution >= 0.6 is 0 Å². The van der Waals surface area contributed by atoms with Gasteiger partial charge in [-0.1, -0.05) is 19.8 Å². The van der Waals surface area contributed by atoms with Crippen molar-refractivity contribution in [2.45, 2.75) is 45.1 Å². The van der Waals surface area contributed by atoms with Crippen molar-refractivity contribution in [1.82, 2.24) is 10.3 Å². The molecule has 18 heavy (non-hydrogen) atoms. The Morgan fingerprint density at radius 1 is 1.22 bits per heavy atom. The number of unbranched alkanes of at least 4 members (excludes halogenated alkanes) is 2. The minimum Gasteiger partial charge on any atom is -0.371 e. The van der Waals surface area contributed by atoms with Gasteiger partial charge in [0.05, 0.1) is 0 Å². The minimum atomic E-state index is 0.722. The first-order chi connectivity index (χ1) is 8.90. The van der Waals surface area contributed by atoms with Gasteiger partial charge in [-0.3, -0.25) is 4.98 Å². The number of piperidine rings is 1. The smallest absolute Gasteiger partial charge is 0.0397 e. The highest BCUT2D eigenvalue weighted by Gasteiger charge is 2.18. The SMILES string of the molecule is CCCCCNC1CCN(c2ccncc2)CC1. The average Bonchev–Trinajstić information content (AvgIpc) is 2.45. The zero-order valence-corrected chi connectivity index (χ0v) is 11.4. The molecule has 1 aliphatic heterocycles. The van der Waals surface area contributed by atoms with Gasteiger partial charge >= 0.3 is 0 Å². The summed E-state index contributed by atoms with van der Waals surface area (Å²) in [7, 11) is 0. The van der Waals surface area contributed by atoms with Gasteiger partial charge in [-0.15, -0.1) is 0 Å². The van der Waals surface area contributed by atoms with Crippen molar-refractivity contribution >= 4 is 5.69 Å².